The minimum atomic E-state index is -1.14. The van der Waals surface area contributed by atoms with Crippen LogP contribution >= 0.6 is 0 Å². The number of aliphatic carboxylic acids is 1. The van der Waals surface area contributed by atoms with Gasteiger partial charge in [-0.05, 0) is 0 Å². The monoisotopic (exact) mass is 246 g/mol. The number of rotatable bonds is 6. The van der Waals surface area contributed by atoms with Gasteiger partial charge in [-0.3, -0.25) is 4.79 Å². The van der Waals surface area contributed by atoms with E-state index in [2.05, 4.69) is 10.6 Å². The van der Waals surface area contributed by atoms with Crippen LogP contribution in [0.5, 0.6) is 0 Å². The average molecular weight is 246 g/mol. The molecule has 1 rings (SSSR count). The highest BCUT2D eigenvalue weighted by Gasteiger charge is 2.22. The maximum absolute atomic E-state index is 11.5. The van der Waals surface area contributed by atoms with E-state index in [0.717, 1.165) is 6.54 Å². The van der Waals surface area contributed by atoms with Crippen molar-refractivity contribution in [1.82, 2.24) is 10.6 Å². The zero-order valence-electron chi connectivity index (χ0n) is 9.52. The van der Waals surface area contributed by atoms with Gasteiger partial charge in [-0.15, -0.1) is 0 Å². The zero-order valence-corrected chi connectivity index (χ0v) is 9.52. The molecule has 0 spiro atoms. The van der Waals surface area contributed by atoms with E-state index in [-0.39, 0.29) is 31.5 Å². The molecule has 7 nitrogen and oxygen atoms in total. The number of hydrogen-bond donors (Lipinski definition) is 4. The van der Waals surface area contributed by atoms with Crippen molar-refractivity contribution >= 4 is 11.9 Å². The Labute approximate surface area is 99.1 Å². The van der Waals surface area contributed by atoms with Gasteiger partial charge in [-0.1, -0.05) is 0 Å². The molecule has 1 saturated heterocycles. The van der Waals surface area contributed by atoms with Crippen molar-refractivity contribution in [3.63, 3.8) is 0 Å². The number of aliphatic hydroxyl groups is 1. The molecule has 7 heteroatoms. The largest absolute Gasteiger partial charge is 0.480 e. The van der Waals surface area contributed by atoms with Crippen molar-refractivity contribution in [2.45, 2.75) is 25.0 Å². The predicted octanol–water partition coefficient (Wildman–Crippen LogP) is -1.68. The maximum atomic E-state index is 11.5. The summed E-state index contributed by atoms with van der Waals surface area (Å²) in [6, 6.07) is -1.04. The van der Waals surface area contributed by atoms with Crippen molar-refractivity contribution < 1.29 is 24.5 Å². The summed E-state index contributed by atoms with van der Waals surface area (Å²) in [5.41, 5.74) is 0. The second-order valence-corrected chi connectivity index (χ2v) is 3.87. The summed E-state index contributed by atoms with van der Waals surface area (Å²) in [5.74, 6) is -1.52. The lowest BCUT2D eigenvalue weighted by molar-refractivity contribution is -0.142. The molecule has 2 unspecified atom stereocenters. The summed E-state index contributed by atoms with van der Waals surface area (Å²) in [4.78, 5) is 22.3. The molecule has 1 amide bonds. The number of nitrogens with one attached hydrogen (secondary N) is 2. The number of hydrogen-bond acceptors (Lipinski definition) is 5. The van der Waals surface area contributed by atoms with Crippen LogP contribution in [-0.2, 0) is 14.3 Å². The Morgan fingerprint density at radius 3 is 2.82 bits per heavy atom. The van der Waals surface area contributed by atoms with Crippen LogP contribution in [0.1, 0.15) is 12.8 Å². The smallest absolute Gasteiger partial charge is 0.326 e. The Hall–Kier alpha value is -1.18. The van der Waals surface area contributed by atoms with Crippen molar-refractivity contribution in [2.75, 3.05) is 26.3 Å². The van der Waals surface area contributed by atoms with Crippen molar-refractivity contribution in [1.29, 1.82) is 0 Å². The number of carbonyl (C=O) groups is 2. The van der Waals surface area contributed by atoms with Crippen LogP contribution in [0.25, 0.3) is 0 Å². The summed E-state index contributed by atoms with van der Waals surface area (Å²) in [6.45, 7) is 1.63. The summed E-state index contributed by atoms with van der Waals surface area (Å²) in [5, 5.41) is 22.9. The van der Waals surface area contributed by atoms with Crippen LogP contribution in [0.2, 0.25) is 0 Å². The highest BCUT2D eigenvalue weighted by molar-refractivity contribution is 5.83. The molecular weight excluding hydrogens is 228 g/mol. The van der Waals surface area contributed by atoms with Gasteiger partial charge in [0.25, 0.3) is 0 Å². The number of morpholine rings is 1. The van der Waals surface area contributed by atoms with E-state index < -0.39 is 12.0 Å². The third kappa shape index (κ3) is 5.12. The van der Waals surface area contributed by atoms with E-state index in [1.807, 2.05) is 0 Å². The van der Waals surface area contributed by atoms with E-state index in [1.165, 1.54) is 0 Å². The standard InChI is InChI=1S/C10H18N2O5/c13-3-1-8(10(15)16)12-9(14)5-7-6-11-2-4-17-7/h7-8,11,13H,1-6H2,(H,12,14)(H,15,16). The fourth-order valence-corrected chi connectivity index (χ4v) is 1.60. The quantitative estimate of drug-likeness (QED) is 0.446. The molecular formula is C10H18N2O5. The molecule has 1 heterocycles. The first-order chi connectivity index (χ1) is 8.13. The third-order valence-electron chi connectivity index (χ3n) is 2.47. The molecule has 0 aliphatic carbocycles. The van der Waals surface area contributed by atoms with Crippen molar-refractivity contribution in [3.05, 3.63) is 0 Å². The summed E-state index contributed by atoms with van der Waals surface area (Å²) < 4.78 is 5.33. The molecule has 0 aromatic carbocycles. The highest BCUT2D eigenvalue weighted by Crippen LogP contribution is 2.02. The topological polar surface area (TPSA) is 108 Å². The van der Waals surface area contributed by atoms with Gasteiger partial charge in [0.1, 0.15) is 6.04 Å². The van der Waals surface area contributed by atoms with Gasteiger partial charge in [-0.25, -0.2) is 4.79 Å². The molecule has 1 aliphatic rings. The number of aliphatic hydroxyl groups excluding tert-OH is 1. The predicted molar refractivity (Wildman–Crippen MR) is 58.5 cm³/mol. The number of carboxylic acid groups (broad SMARTS) is 1. The van der Waals surface area contributed by atoms with Crippen LogP contribution in [0.4, 0.5) is 0 Å². The Balaban J connectivity index is 2.33. The molecule has 0 radical (unpaired) electrons. The Morgan fingerprint density at radius 1 is 1.53 bits per heavy atom. The number of carbonyl (C=O) groups excluding carboxylic acids is 1. The number of ether oxygens (including phenoxy) is 1. The lowest BCUT2D eigenvalue weighted by Gasteiger charge is -2.23. The van der Waals surface area contributed by atoms with E-state index in [1.54, 1.807) is 0 Å². The highest BCUT2D eigenvalue weighted by atomic mass is 16.5. The van der Waals surface area contributed by atoms with Crippen LogP contribution in [-0.4, -0.2) is 60.5 Å². The van der Waals surface area contributed by atoms with E-state index in [0.29, 0.717) is 13.2 Å². The van der Waals surface area contributed by atoms with E-state index in [4.69, 9.17) is 14.9 Å². The van der Waals surface area contributed by atoms with Crippen LogP contribution in [0.15, 0.2) is 0 Å². The Morgan fingerprint density at radius 2 is 2.29 bits per heavy atom. The van der Waals surface area contributed by atoms with Gasteiger partial charge in [0.05, 0.1) is 19.1 Å². The SMILES string of the molecule is O=C(CC1CNCCO1)NC(CCO)C(=O)O. The molecule has 4 N–H and O–H groups in total. The molecule has 1 fully saturated rings. The fourth-order valence-electron chi connectivity index (χ4n) is 1.60. The third-order valence-corrected chi connectivity index (χ3v) is 2.47. The first kappa shape index (κ1) is 13.9. The number of amides is 1. The van der Waals surface area contributed by atoms with Gasteiger partial charge in [0.2, 0.25) is 5.91 Å². The average Bonchev–Trinajstić information content (AvgIpc) is 2.29. The minimum Gasteiger partial charge on any atom is -0.480 e. The molecule has 2 atom stereocenters. The lowest BCUT2D eigenvalue weighted by Crippen LogP contribution is -2.45. The van der Waals surface area contributed by atoms with Crippen molar-refractivity contribution in [3.8, 4) is 0 Å². The fraction of sp³-hybridized carbons (Fsp3) is 0.800. The molecule has 0 aromatic rings. The molecule has 98 valence electrons. The van der Waals surface area contributed by atoms with Gasteiger partial charge >= 0.3 is 5.97 Å². The Kier molecular flexibility index (Phi) is 5.88. The first-order valence-corrected chi connectivity index (χ1v) is 5.59. The van der Waals surface area contributed by atoms with Crippen LogP contribution in [0.3, 0.4) is 0 Å². The van der Waals surface area contributed by atoms with E-state index >= 15 is 0 Å². The molecule has 0 bridgehead atoms. The first-order valence-electron chi connectivity index (χ1n) is 5.59. The van der Waals surface area contributed by atoms with Crippen molar-refractivity contribution in [2.24, 2.45) is 0 Å². The van der Waals surface area contributed by atoms with Gasteiger partial charge < -0.3 is 25.6 Å². The zero-order chi connectivity index (χ0) is 12.7. The van der Waals surface area contributed by atoms with Crippen LogP contribution in [0, 0.1) is 0 Å². The maximum Gasteiger partial charge on any atom is 0.326 e. The summed E-state index contributed by atoms with van der Waals surface area (Å²) in [7, 11) is 0. The molecule has 17 heavy (non-hydrogen) atoms. The molecule has 1 aliphatic heterocycles. The van der Waals surface area contributed by atoms with Gasteiger partial charge in [0, 0.05) is 26.1 Å². The second-order valence-electron chi connectivity index (χ2n) is 3.87. The minimum absolute atomic E-state index is 0.00481. The van der Waals surface area contributed by atoms with Gasteiger partial charge in [-0.2, -0.15) is 0 Å². The summed E-state index contributed by atoms with van der Waals surface area (Å²) in [6.07, 6.45) is -0.0834. The Bertz CT molecular complexity index is 265. The molecule has 0 aromatic heterocycles. The van der Waals surface area contributed by atoms with Gasteiger partial charge in [0.15, 0.2) is 0 Å². The number of carboxylic acids is 1. The normalized spacial score (nSPS) is 21.8. The second kappa shape index (κ2) is 7.21. The summed E-state index contributed by atoms with van der Waals surface area (Å²) >= 11 is 0. The van der Waals surface area contributed by atoms with Crippen LogP contribution < -0.4 is 10.6 Å². The van der Waals surface area contributed by atoms with E-state index in [9.17, 15) is 9.59 Å². The lowest BCUT2D eigenvalue weighted by atomic mass is 10.1. The molecule has 0 saturated carbocycles.